The highest BCUT2D eigenvalue weighted by Crippen LogP contribution is 2.20. The summed E-state index contributed by atoms with van der Waals surface area (Å²) in [6.45, 7) is 3.58. The number of amides is 6. The van der Waals surface area contributed by atoms with Gasteiger partial charge in [-0.3, -0.25) is 28.8 Å². The minimum absolute atomic E-state index is 0.115. The van der Waals surface area contributed by atoms with Crippen LogP contribution in [-0.2, 0) is 30.4 Å². The van der Waals surface area contributed by atoms with E-state index in [1.807, 2.05) is 30.3 Å². The van der Waals surface area contributed by atoms with Crippen molar-refractivity contribution >= 4 is 35.4 Å². The first-order valence-corrected chi connectivity index (χ1v) is 17.0. The Hall–Kier alpha value is -5.05. The van der Waals surface area contributed by atoms with Crippen LogP contribution in [0.5, 0.6) is 5.88 Å². The molecule has 0 spiro atoms. The van der Waals surface area contributed by atoms with Gasteiger partial charge in [-0.05, 0) is 57.1 Å². The maximum absolute atomic E-state index is 14.0. The van der Waals surface area contributed by atoms with Crippen molar-refractivity contribution in [2.75, 3.05) is 20.2 Å². The van der Waals surface area contributed by atoms with Crippen molar-refractivity contribution in [2.45, 2.75) is 95.1 Å². The number of pyridine rings is 1. The molecule has 0 bridgehead atoms. The lowest BCUT2D eigenvalue weighted by atomic mass is 10.0. The molecule has 0 unspecified atom stereocenters. The van der Waals surface area contributed by atoms with Gasteiger partial charge in [0.15, 0.2) is 0 Å². The van der Waals surface area contributed by atoms with Gasteiger partial charge in [0.2, 0.25) is 35.4 Å². The van der Waals surface area contributed by atoms with Gasteiger partial charge in [0.25, 0.3) is 5.91 Å². The summed E-state index contributed by atoms with van der Waals surface area (Å²) in [5, 5.41) is 24.1. The number of benzene rings is 1. The molecule has 0 radical (unpaired) electrons. The summed E-state index contributed by atoms with van der Waals surface area (Å²) in [6.07, 6.45) is 2.40. The van der Waals surface area contributed by atoms with Gasteiger partial charge in [0.05, 0.1) is 13.2 Å². The van der Waals surface area contributed by atoms with E-state index in [9.17, 15) is 33.9 Å². The lowest BCUT2D eigenvalue weighted by Crippen LogP contribution is -2.61. The average Bonchev–Trinajstić information content (AvgIpc) is 3.61. The molecule has 2 aromatic rings. The molecule has 2 fully saturated rings. The largest absolute Gasteiger partial charge is 0.481 e. The minimum atomic E-state index is -1.48. The smallest absolute Gasteiger partial charge is 0.252 e. The van der Waals surface area contributed by atoms with Crippen LogP contribution in [0, 0.1) is 0 Å². The van der Waals surface area contributed by atoms with E-state index < -0.39 is 65.8 Å². The van der Waals surface area contributed by atoms with Crippen molar-refractivity contribution < 1.29 is 38.6 Å². The van der Waals surface area contributed by atoms with Gasteiger partial charge in [0.1, 0.15) is 30.2 Å². The van der Waals surface area contributed by atoms with E-state index in [0.717, 1.165) is 5.56 Å². The molecule has 270 valence electrons. The van der Waals surface area contributed by atoms with Crippen molar-refractivity contribution in [3.05, 3.63) is 59.8 Å². The molecule has 15 nitrogen and oxygen atoms in total. The molecule has 3 heterocycles. The number of carbonyl (C=O) groups is 6. The predicted molar refractivity (Wildman–Crippen MR) is 182 cm³/mol. The summed E-state index contributed by atoms with van der Waals surface area (Å²) >= 11 is 0. The van der Waals surface area contributed by atoms with Crippen LogP contribution in [0.1, 0.15) is 68.3 Å². The Labute approximate surface area is 291 Å². The van der Waals surface area contributed by atoms with Gasteiger partial charge in [-0.2, -0.15) is 0 Å². The minimum Gasteiger partial charge on any atom is -0.481 e. The fourth-order valence-corrected chi connectivity index (χ4v) is 6.07. The Kier molecular flexibility index (Phi) is 13.7. The Morgan fingerprint density at radius 3 is 2.40 bits per heavy atom. The summed E-state index contributed by atoms with van der Waals surface area (Å²) in [6, 6.07) is 6.48. The summed E-state index contributed by atoms with van der Waals surface area (Å²) in [5.74, 6) is -3.28. The van der Waals surface area contributed by atoms with Crippen LogP contribution in [0.25, 0.3) is 0 Å². The zero-order valence-corrected chi connectivity index (χ0v) is 28.6. The number of carbonyl (C=O) groups excluding carboxylic acids is 6. The Morgan fingerprint density at radius 1 is 0.960 bits per heavy atom. The maximum Gasteiger partial charge on any atom is 0.252 e. The lowest BCUT2D eigenvalue weighted by molar-refractivity contribution is -0.142. The fourth-order valence-electron chi connectivity index (χ4n) is 6.07. The van der Waals surface area contributed by atoms with E-state index in [1.54, 1.807) is 6.92 Å². The van der Waals surface area contributed by atoms with Gasteiger partial charge in [-0.15, -0.1) is 0 Å². The van der Waals surface area contributed by atoms with Crippen molar-refractivity contribution in [1.82, 2.24) is 36.5 Å². The zero-order valence-electron chi connectivity index (χ0n) is 28.6. The monoisotopic (exact) mass is 693 g/mol. The van der Waals surface area contributed by atoms with Crippen molar-refractivity contribution in [1.29, 1.82) is 0 Å². The second kappa shape index (κ2) is 18.1. The highest BCUT2D eigenvalue weighted by Gasteiger charge is 2.39. The quantitative estimate of drug-likeness (QED) is 0.230. The normalized spacial score (nSPS) is 25.0. The third kappa shape index (κ3) is 10.00. The molecule has 50 heavy (non-hydrogen) atoms. The molecular formula is C35H47N7O8. The summed E-state index contributed by atoms with van der Waals surface area (Å²) in [5.41, 5.74) is 0.977. The van der Waals surface area contributed by atoms with Gasteiger partial charge >= 0.3 is 0 Å². The Morgan fingerprint density at radius 2 is 1.70 bits per heavy atom. The van der Waals surface area contributed by atoms with Gasteiger partial charge in [-0.25, -0.2) is 4.98 Å². The van der Waals surface area contributed by atoms with Crippen LogP contribution in [0.15, 0.2) is 48.7 Å². The third-order valence-electron chi connectivity index (χ3n) is 8.89. The van der Waals surface area contributed by atoms with Crippen LogP contribution < -0.4 is 31.3 Å². The molecule has 2 aliphatic heterocycles. The third-order valence-corrected chi connectivity index (χ3v) is 8.89. The standard InChI is InChI=1S/C35H47N7O8/c1-4-24-31(45)41-29(21(2)43)34(48)40-26(19-22-11-6-5-7-12-22)35(49)42-18-10-14-27(42)33(47)37-16-9-8-13-25(32(46)38-24)39-30(44)23-15-17-36-28(20-23)50-3/h5-7,11-12,15,17,20-21,24-27,29,43H,4,8-10,13-14,16,18-19H2,1-3H3,(H,37,47)(H,38,46)(H,39,44)(H,40,48)(H,41,45)/t21-,24+,25+,26-,27+,29+/m1/s1. The van der Waals surface area contributed by atoms with E-state index in [0.29, 0.717) is 32.2 Å². The Balaban J connectivity index is 1.61. The summed E-state index contributed by atoms with van der Waals surface area (Å²) in [7, 11) is 1.41. The molecule has 6 amide bonds. The fraction of sp³-hybridized carbons (Fsp3) is 0.514. The number of hydrogen-bond donors (Lipinski definition) is 6. The van der Waals surface area contributed by atoms with Gasteiger partial charge in [-0.1, -0.05) is 37.3 Å². The number of nitrogens with zero attached hydrogens (tertiary/aromatic N) is 2. The summed E-state index contributed by atoms with van der Waals surface area (Å²) < 4.78 is 5.10. The maximum atomic E-state index is 14.0. The average molecular weight is 694 g/mol. The second-order valence-electron chi connectivity index (χ2n) is 12.5. The molecule has 0 saturated carbocycles. The molecular weight excluding hydrogens is 646 g/mol. The van der Waals surface area contributed by atoms with Crippen LogP contribution in [0.4, 0.5) is 0 Å². The van der Waals surface area contributed by atoms with Crippen molar-refractivity contribution in [2.24, 2.45) is 0 Å². The van der Waals surface area contributed by atoms with Crippen LogP contribution in [0.2, 0.25) is 0 Å². The lowest BCUT2D eigenvalue weighted by Gasteiger charge is -2.30. The molecule has 1 aromatic carbocycles. The Bertz CT molecular complexity index is 1520. The molecule has 6 atom stereocenters. The SMILES string of the molecule is CC[C@@H]1NC(=O)[C@@H](NC(=O)c2ccnc(OC)c2)CCCCNC(=O)[C@@H]2CCCN2C(=O)[C@@H](Cc2ccccc2)NC(=O)[C@H]([C@@H](C)O)NC1=O. The number of hydrogen-bond acceptors (Lipinski definition) is 9. The molecule has 2 saturated heterocycles. The number of rotatable bonds is 7. The van der Waals surface area contributed by atoms with Gasteiger partial charge in [0, 0.05) is 37.3 Å². The topological polar surface area (TPSA) is 208 Å². The van der Waals surface area contributed by atoms with E-state index in [4.69, 9.17) is 4.74 Å². The van der Waals surface area contributed by atoms with Gasteiger partial charge < -0.3 is 41.3 Å². The van der Waals surface area contributed by atoms with E-state index >= 15 is 0 Å². The van der Waals surface area contributed by atoms with Crippen LogP contribution >= 0.6 is 0 Å². The number of aromatic nitrogens is 1. The van der Waals surface area contributed by atoms with E-state index in [2.05, 4.69) is 31.6 Å². The molecule has 0 aliphatic carbocycles. The molecule has 6 N–H and O–H groups in total. The molecule has 2 aliphatic rings. The number of methoxy groups -OCH3 is 1. The number of aliphatic hydroxyl groups excluding tert-OH is 1. The zero-order chi connectivity index (χ0) is 36.2. The van der Waals surface area contributed by atoms with Crippen molar-refractivity contribution in [3.8, 4) is 5.88 Å². The second-order valence-corrected chi connectivity index (χ2v) is 12.5. The van der Waals surface area contributed by atoms with E-state index in [-0.39, 0.29) is 43.2 Å². The molecule has 15 heteroatoms. The molecule has 4 rings (SSSR count). The predicted octanol–water partition coefficient (Wildman–Crippen LogP) is -0.0324. The number of fused-ring (bicyclic) bond motifs is 1. The van der Waals surface area contributed by atoms with Crippen LogP contribution in [-0.4, -0.2) is 107 Å². The first-order valence-electron chi connectivity index (χ1n) is 17.0. The highest BCUT2D eigenvalue weighted by atomic mass is 16.5. The van der Waals surface area contributed by atoms with E-state index in [1.165, 1.54) is 37.3 Å². The van der Waals surface area contributed by atoms with Crippen LogP contribution in [0.3, 0.4) is 0 Å². The van der Waals surface area contributed by atoms with Crippen molar-refractivity contribution in [3.63, 3.8) is 0 Å². The first kappa shape index (κ1) is 37.8. The molecule has 1 aromatic heterocycles. The summed E-state index contributed by atoms with van der Waals surface area (Å²) in [4.78, 5) is 86.7. The number of nitrogens with one attached hydrogen (secondary N) is 5. The highest BCUT2D eigenvalue weighted by molar-refractivity contribution is 5.99. The first-order chi connectivity index (χ1) is 24.0. The number of aliphatic hydroxyl groups is 1. The number of ether oxygens (including phenoxy) is 1.